The molecule has 11 heteroatoms. The number of carboxylic acid groups (broad SMARTS) is 1. The lowest BCUT2D eigenvalue weighted by molar-refractivity contribution is -0.139. The van der Waals surface area contributed by atoms with Crippen LogP contribution >= 0.6 is 11.8 Å². The zero-order valence-electron chi connectivity index (χ0n) is 22.9. The van der Waals surface area contributed by atoms with Crippen LogP contribution < -0.4 is 5.32 Å². The maximum atomic E-state index is 13.7. The number of aliphatic hydroxyl groups is 1. The first kappa shape index (κ1) is 30.9. The Bertz CT molecular complexity index is 1500. The predicted molar refractivity (Wildman–Crippen MR) is 156 cm³/mol. The summed E-state index contributed by atoms with van der Waals surface area (Å²) < 4.78 is 35.4. The summed E-state index contributed by atoms with van der Waals surface area (Å²) in [5.41, 5.74) is 2.71. The van der Waals surface area contributed by atoms with E-state index in [1.54, 1.807) is 59.4 Å². The zero-order chi connectivity index (χ0) is 30.1. The van der Waals surface area contributed by atoms with Crippen LogP contribution in [0.25, 0.3) is 11.1 Å². The first-order chi connectivity index (χ1) is 20.3. The SMILES string of the molecule is CSCC[C@H](NC(=O)c1ccc(COC(Cn2ccnc2CO)c2ccc(F)cc2)cc1-c1ccc(F)cc1)C(=O)O. The molecule has 0 aliphatic rings. The number of rotatable bonds is 14. The van der Waals surface area contributed by atoms with Crippen molar-refractivity contribution in [3.63, 3.8) is 0 Å². The third-order valence-corrected chi connectivity index (χ3v) is 7.34. The molecule has 1 heterocycles. The minimum Gasteiger partial charge on any atom is -0.480 e. The third kappa shape index (κ3) is 8.03. The second-order valence-electron chi connectivity index (χ2n) is 9.54. The van der Waals surface area contributed by atoms with Gasteiger partial charge in [-0.05, 0) is 77.1 Å². The molecule has 0 saturated carbocycles. The maximum absolute atomic E-state index is 13.7. The Labute approximate surface area is 246 Å². The molecule has 0 bridgehead atoms. The van der Waals surface area contributed by atoms with E-state index in [2.05, 4.69) is 10.3 Å². The van der Waals surface area contributed by atoms with Crippen LogP contribution in [0.3, 0.4) is 0 Å². The van der Waals surface area contributed by atoms with Gasteiger partial charge in [-0.3, -0.25) is 4.79 Å². The number of imidazole rings is 1. The number of nitrogens with zero attached hydrogens (tertiary/aromatic N) is 2. The molecule has 0 aliphatic carbocycles. The van der Waals surface area contributed by atoms with E-state index in [0.717, 1.165) is 0 Å². The molecule has 0 fully saturated rings. The van der Waals surface area contributed by atoms with Gasteiger partial charge in [-0.15, -0.1) is 0 Å². The zero-order valence-corrected chi connectivity index (χ0v) is 23.7. The summed E-state index contributed by atoms with van der Waals surface area (Å²) >= 11 is 1.48. The molecule has 0 aliphatic heterocycles. The normalized spacial score (nSPS) is 12.6. The molecule has 1 aromatic heterocycles. The molecule has 0 spiro atoms. The molecule has 8 nitrogen and oxygen atoms in total. The van der Waals surface area contributed by atoms with Gasteiger partial charge in [-0.1, -0.05) is 30.3 Å². The van der Waals surface area contributed by atoms with Gasteiger partial charge in [-0.2, -0.15) is 11.8 Å². The number of benzene rings is 3. The van der Waals surface area contributed by atoms with Crippen molar-refractivity contribution in [3.8, 4) is 11.1 Å². The fourth-order valence-corrected chi connectivity index (χ4v) is 4.91. The highest BCUT2D eigenvalue weighted by atomic mass is 32.2. The molecule has 0 radical (unpaired) electrons. The molecule has 1 unspecified atom stereocenters. The Balaban J connectivity index is 1.62. The number of ether oxygens (including phenoxy) is 1. The molecule has 4 aromatic rings. The smallest absolute Gasteiger partial charge is 0.326 e. The highest BCUT2D eigenvalue weighted by Gasteiger charge is 2.23. The van der Waals surface area contributed by atoms with E-state index in [0.29, 0.717) is 40.4 Å². The number of halogens is 2. The summed E-state index contributed by atoms with van der Waals surface area (Å²) in [6, 6.07) is 15.6. The third-order valence-electron chi connectivity index (χ3n) is 6.70. The Kier molecular flexibility index (Phi) is 10.8. The van der Waals surface area contributed by atoms with Crippen LogP contribution in [0.15, 0.2) is 79.1 Å². The van der Waals surface area contributed by atoms with Crippen molar-refractivity contribution >= 4 is 23.6 Å². The van der Waals surface area contributed by atoms with Crippen LogP contribution in [0.5, 0.6) is 0 Å². The average molecular weight is 596 g/mol. The Morgan fingerprint density at radius 3 is 2.38 bits per heavy atom. The van der Waals surface area contributed by atoms with Crippen LogP contribution in [0.2, 0.25) is 0 Å². The van der Waals surface area contributed by atoms with E-state index < -0.39 is 29.8 Å². The van der Waals surface area contributed by atoms with Crippen molar-refractivity contribution in [1.82, 2.24) is 14.9 Å². The molecule has 2 atom stereocenters. The van der Waals surface area contributed by atoms with Gasteiger partial charge >= 0.3 is 5.97 Å². The molecule has 220 valence electrons. The highest BCUT2D eigenvalue weighted by molar-refractivity contribution is 7.98. The van der Waals surface area contributed by atoms with E-state index >= 15 is 0 Å². The van der Waals surface area contributed by atoms with Crippen molar-refractivity contribution in [2.24, 2.45) is 0 Å². The molecular weight excluding hydrogens is 564 g/mol. The van der Waals surface area contributed by atoms with Gasteiger partial charge < -0.3 is 24.8 Å². The molecular formula is C31H31F2N3O5S. The maximum Gasteiger partial charge on any atom is 0.326 e. The average Bonchev–Trinajstić information content (AvgIpc) is 3.45. The van der Waals surface area contributed by atoms with Crippen molar-refractivity contribution in [2.75, 3.05) is 12.0 Å². The highest BCUT2D eigenvalue weighted by Crippen LogP contribution is 2.28. The molecule has 0 saturated heterocycles. The van der Waals surface area contributed by atoms with Crippen molar-refractivity contribution < 1.29 is 33.3 Å². The number of aromatic nitrogens is 2. The summed E-state index contributed by atoms with van der Waals surface area (Å²) in [7, 11) is 0. The Hall–Kier alpha value is -4.06. The number of thioether (sulfide) groups is 1. The van der Waals surface area contributed by atoms with Gasteiger partial charge in [0.25, 0.3) is 5.91 Å². The van der Waals surface area contributed by atoms with Crippen molar-refractivity contribution in [3.05, 3.63) is 113 Å². The van der Waals surface area contributed by atoms with E-state index in [-0.39, 0.29) is 31.0 Å². The summed E-state index contributed by atoms with van der Waals surface area (Å²) in [6.45, 7) is 0.153. The molecule has 3 N–H and O–H groups in total. The second kappa shape index (κ2) is 14.7. The minimum atomic E-state index is -1.13. The van der Waals surface area contributed by atoms with Crippen LogP contribution in [0, 0.1) is 11.6 Å². The largest absolute Gasteiger partial charge is 0.480 e. The van der Waals surface area contributed by atoms with Gasteiger partial charge in [0.1, 0.15) is 36.2 Å². The van der Waals surface area contributed by atoms with Gasteiger partial charge in [0.2, 0.25) is 0 Å². The predicted octanol–water partition coefficient (Wildman–Crippen LogP) is 5.21. The van der Waals surface area contributed by atoms with Gasteiger partial charge in [-0.25, -0.2) is 18.6 Å². The topological polar surface area (TPSA) is 114 Å². The number of hydrogen-bond donors (Lipinski definition) is 3. The standard InChI is InChI=1S/C31H31F2N3O5S/c1-42-15-12-27(31(39)40)35-30(38)25-11-2-20(16-26(25)21-3-7-23(32)8-4-21)19-41-28(22-5-9-24(33)10-6-22)17-36-14-13-34-29(36)18-37/h2-11,13-14,16,27-28,37H,12,15,17-19H2,1H3,(H,35,38)(H,39,40)/t27-,28?/m0/s1. The second-order valence-corrected chi connectivity index (χ2v) is 10.5. The van der Waals surface area contributed by atoms with Crippen LogP contribution in [0.1, 0.15) is 39.8 Å². The summed E-state index contributed by atoms with van der Waals surface area (Å²) in [5, 5.41) is 21.8. The first-order valence-electron chi connectivity index (χ1n) is 13.2. The number of aliphatic hydroxyl groups excluding tert-OH is 1. The number of hydrogen-bond acceptors (Lipinski definition) is 6. The monoisotopic (exact) mass is 595 g/mol. The first-order valence-corrected chi connectivity index (χ1v) is 14.6. The fraction of sp³-hybridized carbons (Fsp3) is 0.258. The van der Waals surface area contributed by atoms with Gasteiger partial charge in [0.15, 0.2) is 0 Å². The van der Waals surface area contributed by atoms with Gasteiger partial charge in [0, 0.05) is 18.0 Å². The lowest BCUT2D eigenvalue weighted by Crippen LogP contribution is -2.41. The van der Waals surface area contributed by atoms with Crippen molar-refractivity contribution in [1.29, 1.82) is 0 Å². The Morgan fingerprint density at radius 1 is 1.05 bits per heavy atom. The summed E-state index contributed by atoms with van der Waals surface area (Å²) in [5.74, 6) is -1.48. The fourth-order valence-electron chi connectivity index (χ4n) is 4.44. The molecule has 3 aromatic carbocycles. The molecule has 4 rings (SSSR count). The van der Waals surface area contributed by atoms with Gasteiger partial charge in [0.05, 0.1) is 13.2 Å². The van der Waals surface area contributed by atoms with E-state index in [1.807, 2.05) is 6.26 Å². The number of carbonyl (C=O) groups excluding carboxylic acids is 1. The van der Waals surface area contributed by atoms with E-state index in [4.69, 9.17) is 4.74 Å². The van der Waals surface area contributed by atoms with E-state index in [1.165, 1.54) is 36.0 Å². The lowest BCUT2D eigenvalue weighted by Gasteiger charge is -2.21. The molecule has 1 amide bonds. The van der Waals surface area contributed by atoms with E-state index in [9.17, 15) is 28.6 Å². The number of amides is 1. The van der Waals surface area contributed by atoms with Crippen molar-refractivity contribution in [2.45, 2.75) is 38.3 Å². The quantitative estimate of drug-likeness (QED) is 0.183. The number of nitrogens with one attached hydrogen (secondary N) is 1. The lowest BCUT2D eigenvalue weighted by atomic mass is 9.96. The minimum absolute atomic E-state index is 0.104. The van der Waals surface area contributed by atoms with Crippen LogP contribution in [-0.4, -0.2) is 49.7 Å². The number of aliphatic carboxylic acids is 1. The number of carboxylic acids is 1. The van der Waals surface area contributed by atoms with Crippen LogP contribution in [-0.2, 0) is 29.3 Å². The molecule has 42 heavy (non-hydrogen) atoms. The Morgan fingerprint density at radius 2 is 1.74 bits per heavy atom. The summed E-state index contributed by atoms with van der Waals surface area (Å²) in [4.78, 5) is 29.1. The number of carbonyl (C=O) groups is 2. The van der Waals surface area contributed by atoms with Crippen LogP contribution in [0.4, 0.5) is 8.78 Å². The summed E-state index contributed by atoms with van der Waals surface area (Å²) in [6.07, 6.45) is 4.88.